The van der Waals surface area contributed by atoms with Crippen LogP contribution < -0.4 is 10.8 Å². The molecule has 8 heteroatoms. The smallest absolute Gasteiger partial charge is 0.407 e. The number of carboxylic acids is 1. The molecule has 0 saturated heterocycles. The van der Waals surface area contributed by atoms with Gasteiger partial charge in [0.1, 0.15) is 12.6 Å². The molecule has 0 bridgehead atoms. The molecule has 1 atom stereocenters. The molecule has 0 radical (unpaired) electrons. The quantitative estimate of drug-likeness (QED) is 0.314. The fourth-order valence-electron chi connectivity index (χ4n) is 4.11. The van der Waals surface area contributed by atoms with Crippen molar-refractivity contribution in [1.82, 2.24) is 10.8 Å². The van der Waals surface area contributed by atoms with Crippen LogP contribution in [-0.2, 0) is 19.2 Å². The first-order chi connectivity index (χ1) is 16.7. The van der Waals surface area contributed by atoms with E-state index in [0.717, 1.165) is 22.3 Å². The standard InChI is InChI=1S/C27H34N2O6/c1-27(2,3)35-29-24(30)16-6-4-5-15-23(25(31)32)28-26(33)34-17-22-20-13-9-7-11-18(20)19-12-8-10-14-21(19)22/h7-14,22-23H,4-6,15-17H2,1-3H3,(H,28,33)(H,29,30)(H,31,32)/t23-/m0/s1. The molecule has 2 amide bonds. The number of unbranched alkanes of at least 4 members (excludes halogenated alkanes) is 2. The highest BCUT2D eigenvalue weighted by Gasteiger charge is 2.29. The van der Waals surface area contributed by atoms with E-state index in [1.807, 2.05) is 57.2 Å². The van der Waals surface area contributed by atoms with Crippen molar-refractivity contribution in [2.75, 3.05) is 6.61 Å². The second kappa shape index (κ2) is 11.8. The van der Waals surface area contributed by atoms with Crippen LogP contribution in [0.5, 0.6) is 0 Å². The van der Waals surface area contributed by atoms with Crippen LogP contribution in [-0.4, -0.2) is 41.3 Å². The number of fused-ring (bicyclic) bond motifs is 3. The van der Waals surface area contributed by atoms with Gasteiger partial charge in [0.05, 0.1) is 5.60 Å². The first-order valence-corrected chi connectivity index (χ1v) is 12.0. The summed E-state index contributed by atoms with van der Waals surface area (Å²) in [6.07, 6.45) is 1.58. The summed E-state index contributed by atoms with van der Waals surface area (Å²) in [5.41, 5.74) is 6.38. The Bertz CT molecular complexity index is 1000. The Labute approximate surface area is 206 Å². The highest BCUT2D eigenvalue weighted by Crippen LogP contribution is 2.44. The summed E-state index contributed by atoms with van der Waals surface area (Å²) >= 11 is 0. The second-order valence-electron chi connectivity index (χ2n) is 9.70. The summed E-state index contributed by atoms with van der Waals surface area (Å²) in [5.74, 6) is -1.42. The first kappa shape index (κ1) is 26.2. The molecular weight excluding hydrogens is 448 g/mol. The van der Waals surface area contributed by atoms with E-state index in [1.165, 1.54) is 0 Å². The van der Waals surface area contributed by atoms with Gasteiger partial charge in [-0.15, -0.1) is 0 Å². The van der Waals surface area contributed by atoms with Crippen molar-refractivity contribution in [2.45, 2.75) is 70.4 Å². The van der Waals surface area contributed by atoms with Gasteiger partial charge in [0, 0.05) is 12.3 Å². The Balaban J connectivity index is 1.43. The number of hydrogen-bond acceptors (Lipinski definition) is 5. The van der Waals surface area contributed by atoms with E-state index in [-0.39, 0.29) is 31.3 Å². The Morgan fingerprint density at radius 1 is 0.943 bits per heavy atom. The van der Waals surface area contributed by atoms with Crippen LogP contribution in [0.25, 0.3) is 11.1 Å². The number of rotatable bonds is 11. The average Bonchev–Trinajstić information content (AvgIpc) is 3.13. The number of aliphatic carboxylic acids is 1. The third-order valence-electron chi connectivity index (χ3n) is 5.80. The van der Waals surface area contributed by atoms with Gasteiger partial charge in [-0.1, -0.05) is 61.4 Å². The number of benzene rings is 2. The molecule has 35 heavy (non-hydrogen) atoms. The van der Waals surface area contributed by atoms with Gasteiger partial charge < -0.3 is 15.2 Å². The van der Waals surface area contributed by atoms with Crippen molar-refractivity contribution in [3.05, 3.63) is 59.7 Å². The number of ether oxygens (including phenoxy) is 1. The van der Waals surface area contributed by atoms with E-state index in [4.69, 9.17) is 9.57 Å². The number of amides is 2. The van der Waals surface area contributed by atoms with Crippen LogP contribution in [0.1, 0.15) is 69.9 Å². The summed E-state index contributed by atoms with van der Waals surface area (Å²) in [7, 11) is 0. The maximum atomic E-state index is 12.4. The maximum absolute atomic E-state index is 12.4. The predicted octanol–water partition coefficient (Wildman–Crippen LogP) is 4.78. The highest BCUT2D eigenvalue weighted by atomic mass is 16.7. The van der Waals surface area contributed by atoms with Crippen LogP contribution in [0.2, 0.25) is 0 Å². The normalized spacial score (nSPS) is 13.5. The van der Waals surface area contributed by atoms with Crippen LogP contribution >= 0.6 is 0 Å². The molecule has 2 aromatic rings. The highest BCUT2D eigenvalue weighted by molar-refractivity contribution is 5.81. The monoisotopic (exact) mass is 482 g/mol. The van der Waals surface area contributed by atoms with Crippen molar-refractivity contribution in [3.8, 4) is 11.1 Å². The zero-order chi connectivity index (χ0) is 25.4. The topological polar surface area (TPSA) is 114 Å². The molecule has 0 heterocycles. The summed E-state index contributed by atoms with van der Waals surface area (Å²) in [4.78, 5) is 41.0. The van der Waals surface area contributed by atoms with E-state index in [0.29, 0.717) is 19.3 Å². The van der Waals surface area contributed by atoms with E-state index in [1.54, 1.807) is 0 Å². The molecule has 3 N–H and O–H groups in total. The predicted molar refractivity (Wildman–Crippen MR) is 132 cm³/mol. The zero-order valence-electron chi connectivity index (χ0n) is 20.5. The lowest BCUT2D eigenvalue weighted by Crippen LogP contribution is -2.41. The number of carbonyl (C=O) groups is 3. The van der Waals surface area contributed by atoms with Gasteiger partial charge >= 0.3 is 12.1 Å². The third-order valence-corrected chi connectivity index (χ3v) is 5.80. The Kier molecular flexibility index (Phi) is 8.87. The molecule has 0 aliphatic heterocycles. The molecule has 0 unspecified atom stereocenters. The van der Waals surface area contributed by atoms with Crippen molar-refractivity contribution < 1.29 is 29.1 Å². The minimum atomic E-state index is -1.12. The molecule has 2 aromatic carbocycles. The zero-order valence-corrected chi connectivity index (χ0v) is 20.5. The second-order valence-corrected chi connectivity index (χ2v) is 9.70. The van der Waals surface area contributed by atoms with Gasteiger partial charge in [-0.05, 0) is 55.9 Å². The maximum Gasteiger partial charge on any atom is 0.407 e. The Hall–Kier alpha value is -3.39. The molecule has 0 aromatic heterocycles. The van der Waals surface area contributed by atoms with E-state index in [9.17, 15) is 19.5 Å². The fourth-order valence-corrected chi connectivity index (χ4v) is 4.11. The van der Waals surface area contributed by atoms with Crippen molar-refractivity contribution in [1.29, 1.82) is 0 Å². The lowest BCUT2D eigenvalue weighted by molar-refractivity contribution is -0.145. The lowest BCUT2D eigenvalue weighted by atomic mass is 9.98. The third kappa shape index (κ3) is 7.55. The van der Waals surface area contributed by atoms with Gasteiger partial charge in [0.25, 0.3) is 0 Å². The molecule has 8 nitrogen and oxygen atoms in total. The minimum Gasteiger partial charge on any atom is -0.480 e. The molecule has 3 rings (SSSR count). The summed E-state index contributed by atoms with van der Waals surface area (Å²) < 4.78 is 5.45. The number of carbonyl (C=O) groups excluding carboxylic acids is 2. The summed E-state index contributed by atoms with van der Waals surface area (Å²) in [6, 6.07) is 15.0. The molecular formula is C27H34N2O6. The molecule has 0 spiro atoms. The van der Waals surface area contributed by atoms with Crippen molar-refractivity contribution in [3.63, 3.8) is 0 Å². The molecule has 0 fully saturated rings. The summed E-state index contributed by atoms with van der Waals surface area (Å²) in [5, 5.41) is 12.0. The van der Waals surface area contributed by atoms with Gasteiger partial charge in [0.2, 0.25) is 5.91 Å². The molecule has 1 aliphatic rings. The first-order valence-electron chi connectivity index (χ1n) is 12.0. The van der Waals surface area contributed by atoms with Gasteiger partial charge in [-0.25, -0.2) is 15.1 Å². The van der Waals surface area contributed by atoms with Gasteiger partial charge in [0.15, 0.2) is 0 Å². The number of hydroxylamine groups is 1. The number of alkyl carbamates (subject to hydrolysis) is 1. The van der Waals surface area contributed by atoms with E-state index >= 15 is 0 Å². The number of carboxylic acid groups (broad SMARTS) is 1. The SMILES string of the molecule is CC(C)(C)ONC(=O)CCCCC[C@H](NC(=O)OCC1c2ccccc2-c2ccccc21)C(=O)O. The van der Waals surface area contributed by atoms with Crippen LogP contribution in [0, 0.1) is 0 Å². The number of nitrogens with one attached hydrogen (secondary N) is 2. The van der Waals surface area contributed by atoms with Gasteiger partial charge in [-0.3, -0.25) is 9.63 Å². The van der Waals surface area contributed by atoms with Gasteiger partial charge in [-0.2, -0.15) is 0 Å². The largest absolute Gasteiger partial charge is 0.480 e. The van der Waals surface area contributed by atoms with Crippen molar-refractivity contribution in [2.24, 2.45) is 0 Å². The Morgan fingerprint density at radius 3 is 2.11 bits per heavy atom. The molecule has 1 aliphatic carbocycles. The van der Waals surface area contributed by atoms with Crippen LogP contribution in [0.15, 0.2) is 48.5 Å². The molecule has 188 valence electrons. The van der Waals surface area contributed by atoms with Crippen molar-refractivity contribution >= 4 is 18.0 Å². The lowest BCUT2D eigenvalue weighted by Gasteiger charge is -2.19. The number of hydrogen-bond donors (Lipinski definition) is 3. The minimum absolute atomic E-state index is 0.0927. The van der Waals surface area contributed by atoms with Crippen LogP contribution in [0.3, 0.4) is 0 Å². The van der Waals surface area contributed by atoms with E-state index < -0.39 is 23.7 Å². The molecule has 0 saturated carbocycles. The summed E-state index contributed by atoms with van der Waals surface area (Å²) in [6.45, 7) is 5.63. The average molecular weight is 483 g/mol. The Morgan fingerprint density at radius 2 is 1.54 bits per heavy atom. The van der Waals surface area contributed by atoms with Crippen LogP contribution in [0.4, 0.5) is 4.79 Å². The van der Waals surface area contributed by atoms with E-state index in [2.05, 4.69) is 22.9 Å². The fraction of sp³-hybridized carbons (Fsp3) is 0.444.